The van der Waals surface area contributed by atoms with Crippen LogP contribution >= 0.6 is 11.6 Å². The molecule has 1 aliphatic rings. The van der Waals surface area contributed by atoms with Crippen LogP contribution in [0.3, 0.4) is 0 Å². The fourth-order valence-electron chi connectivity index (χ4n) is 1.96. The van der Waals surface area contributed by atoms with Crippen LogP contribution in [0, 0.1) is 0 Å². The largest absolute Gasteiger partial charge is 0.473 e. The van der Waals surface area contributed by atoms with Crippen molar-refractivity contribution in [3.05, 3.63) is 39.9 Å². The molecule has 0 aliphatic carbocycles. The average molecular weight is 309 g/mol. The molecule has 0 radical (unpaired) electrons. The first-order valence-corrected chi connectivity index (χ1v) is 6.84. The minimum atomic E-state index is -0.504. The van der Waals surface area contributed by atoms with Gasteiger partial charge in [0.25, 0.3) is 5.56 Å². The van der Waals surface area contributed by atoms with Crippen LogP contribution in [0.2, 0.25) is 5.02 Å². The third kappa shape index (κ3) is 3.32. The Hall–Kier alpha value is -2.12. The topological polar surface area (TPSA) is 89.1 Å². The van der Waals surface area contributed by atoms with Gasteiger partial charge in [-0.1, -0.05) is 11.6 Å². The number of aromatic amines is 1. The van der Waals surface area contributed by atoms with Crippen molar-refractivity contribution in [2.75, 3.05) is 13.1 Å². The number of halogens is 1. The van der Waals surface area contributed by atoms with Crippen molar-refractivity contribution in [3.63, 3.8) is 0 Å². The molecule has 0 saturated carbocycles. The molecule has 0 spiro atoms. The molecule has 3 rings (SSSR count). The SMILES string of the molecule is O=c1[nH]ncc(Oc2ccc(O[C@H]3CCNC3)nc2)c1Cl. The van der Waals surface area contributed by atoms with Crippen molar-refractivity contribution in [2.45, 2.75) is 12.5 Å². The number of hydrogen-bond donors (Lipinski definition) is 2. The van der Waals surface area contributed by atoms with Gasteiger partial charge in [0, 0.05) is 12.6 Å². The van der Waals surface area contributed by atoms with Crippen LogP contribution in [0.15, 0.2) is 29.3 Å². The summed E-state index contributed by atoms with van der Waals surface area (Å²) in [5.74, 6) is 1.16. The van der Waals surface area contributed by atoms with Crippen LogP contribution in [-0.4, -0.2) is 34.4 Å². The van der Waals surface area contributed by atoms with Gasteiger partial charge in [-0.05, 0) is 19.0 Å². The number of hydrogen-bond acceptors (Lipinski definition) is 6. The van der Waals surface area contributed by atoms with Gasteiger partial charge in [0.2, 0.25) is 5.88 Å². The predicted molar refractivity (Wildman–Crippen MR) is 76.1 cm³/mol. The van der Waals surface area contributed by atoms with E-state index in [0.29, 0.717) is 11.6 Å². The van der Waals surface area contributed by atoms with Crippen LogP contribution in [-0.2, 0) is 0 Å². The van der Waals surface area contributed by atoms with Crippen molar-refractivity contribution in [1.82, 2.24) is 20.5 Å². The minimum Gasteiger partial charge on any atom is -0.473 e. The number of pyridine rings is 1. The molecule has 21 heavy (non-hydrogen) atoms. The highest BCUT2D eigenvalue weighted by molar-refractivity contribution is 6.31. The molecule has 1 aliphatic heterocycles. The van der Waals surface area contributed by atoms with Crippen LogP contribution in [0.1, 0.15) is 6.42 Å². The summed E-state index contributed by atoms with van der Waals surface area (Å²) in [7, 11) is 0. The molecule has 110 valence electrons. The average Bonchev–Trinajstić information content (AvgIpc) is 2.99. The molecule has 7 nitrogen and oxygen atoms in total. The molecule has 1 saturated heterocycles. The van der Waals surface area contributed by atoms with Gasteiger partial charge in [0.1, 0.15) is 11.9 Å². The quantitative estimate of drug-likeness (QED) is 0.886. The van der Waals surface area contributed by atoms with Gasteiger partial charge in [0.05, 0.1) is 12.4 Å². The molecule has 1 fully saturated rings. The molecule has 0 bridgehead atoms. The van der Waals surface area contributed by atoms with Gasteiger partial charge >= 0.3 is 0 Å². The number of H-pyrrole nitrogens is 1. The third-order valence-electron chi connectivity index (χ3n) is 3.00. The summed E-state index contributed by atoms with van der Waals surface area (Å²) in [6.07, 6.45) is 3.96. The first kappa shape index (κ1) is 13.8. The maximum Gasteiger partial charge on any atom is 0.286 e. The molecule has 3 heterocycles. The lowest BCUT2D eigenvalue weighted by Gasteiger charge is -2.11. The highest BCUT2D eigenvalue weighted by atomic mass is 35.5. The summed E-state index contributed by atoms with van der Waals surface area (Å²) in [5, 5.41) is 9.01. The zero-order valence-corrected chi connectivity index (χ0v) is 11.8. The molecule has 1 atom stereocenters. The van der Waals surface area contributed by atoms with E-state index < -0.39 is 5.56 Å². The molecule has 0 aromatic carbocycles. The molecular weight excluding hydrogens is 296 g/mol. The van der Waals surface area contributed by atoms with Crippen molar-refractivity contribution in [2.24, 2.45) is 0 Å². The van der Waals surface area contributed by atoms with E-state index in [2.05, 4.69) is 20.5 Å². The lowest BCUT2D eigenvalue weighted by atomic mass is 10.3. The highest BCUT2D eigenvalue weighted by Gasteiger charge is 2.16. The van der Waals surface area contributed by atoms with Crippen molar-refractivity contribution >= 4 is 11.6 Å². The molecule has 2 aromatic rings. The Morgan fingerprint density at radius 2 is 2.24 bits per heavy atom. The van der Waals surface area contributed by atoms with Crippen molar-refractivity contribution in [1.29, 1.82) is 0 Å². The number of rotatable bonds is 4. The Morgan fingerprint density at radius 3 is 2.95 bits per heavy atom. The van der Waals surface area contributed by atoms with Gasteiger partial charge < -0.3 is 14.8 Å². The second kappa shape index (κ2) is 6.11. The predicted octanol–water partition coefficient (Wildman–Crippen LogP) is 1.35. The first-order valence-electron chi connectivity index (χ1n) is 6.47. The van der Waals surface area contributed by atoms with Crippen LogP contribution in [0.25, 0.3) is 0 Å². The van der Waals surface area contributed by atoms with Crippen LogP contribution in [0.4, 0.5) is 0 Å². The lowest BCUT2D eigenvalue weighted by Crippen LogP contribution is -2.19. The summed E-state index contributed by atoms with van der Waals surface area (Å²) in [6, 6.07) is 3.41. The second-order valence-corrected chi connectivity index (χ2v) is 4.92. The van der Waals surface area contributed by atoms with Crippen LogP contribution in [0.5, 0.6) is 17.4 Å². The number of ether oxygens (including phenoxy) is 2. The van der Waals surface area contributed by atoms with Gasteiger partial charge in [-0.25, -0.2) is 10.1 Å². The van der Waals surface area contributed by atoms with Crippen LogP contribution < -0.4 is 20.3 Å². The fourth-order valence-corrected chi connectivity index (χ4v) is 2.09. The van der Waals surface area contributed by atoms with E-state index in [1.54, 1.807) is 12.1 Å². The molecule has 2 aromatic heterocycles. The van der Waals surface area contributed by atoms with E-state index in [0.717, 1.165) is 19.5 Å². The maximum atomic E-state index is 11.3. The zero-order chi connectivity index (χ0) is 14.7. The normalized spacial score (nSPS) is 17.7. The molecule has 8 heteroatoms. The van der Waals surface area contributed by atoms with Gasteiger partial charge in [-0.2, -0.15) is 5.10 Å². The molecule has 0 amide bonds. The van der Waals surface area contributed by atoms with Gasteiger partial charge in [-0.15, -0.1) is 0 Å². The summed E-state index contributed by atoms with van der Waals surface area (Å²) in [5.41, 5.74) is -0.504. The molecule has 2 N–H and O–H groups in total. The van der Waals surface area contributed by atoms with E-state index in [1.807, 2.05) is 0 Å². The number of aromatic nitrogens is 3. The summed E-state index contributed by atoms with van der Waals surface area (Å²) in [6.45, 7) is 1.79. The fraction of sp³-hybridized carbons (Fsp3) is 0.308. The number of nitrogens with one attached hydrogen (secondary N) is 2. The maximum absolute atomic E-state index is 11.3. The monoisotopic (exact) mass is 308 g/mol. The second-order valence-electron chi connectivity index (χ2n) is 4.54. The third-order valence-corrected chi connectivity index (χ3v) is 3.36. The Bertz CT molecular complexity index is 668. The molecular formula is C13H13ClN4O3. The van der Waals surface area contributed by atoms with Gasteiger partial charge in [-0.3, -0.25) is 4.79 Å². The first-order chi connectivity index (χ1) is 10.2. The summed E-state index contributed by atoms with van der Waals surface area (Å²) >= 11 is 5.83. The van der Waals surface area contributed by atoms with E-state index in [9.17, 15) is 4.79 Å². The summed E-state index contributed by atoms with van der Waals surface area (Å²) in [4.78, 5) is 15.5. The highest BCUT2D eigenvalue weighted by Crippen LogP contribution is 2.25. The number of nitrogens with zero attached hydrogens (tertiary/aromatic N) is 2. The van der Waals surface area contributed by atoms with E-state index >= 15 is 0 Å². The minimum absolute atomic E-state index is 0.0534. The Kier molecular flexibility index (Phi) is 4.03. The zero-order valence-electron chi connectivity index (χ0n) is 11.0. The van der Waals surface area contributed by atoms with E-state index in [1.165, 1.54) is 12.4 Å². The Morgan fingerprint density at radius 1 is 1.33 bits per heavy atom. The molecule has 0 unspecified atom stereocenters. The standard InChI is InChI=1S/C13H13ClN4O3/c14-12-10(7-17-18-13(12)19)20-8-1-2-11(16-6-8)21-9-3-4-15-5-9/h1-2,6-7,9,15H,3-5H2,(H,18,19)/t9-/m0/s1. The van der Waals surface area contributed by atoms with E-state index in [4.69, 9.17) is 21.1 Å². The van der Waals surface area contributed by atoms with Crippen molar-refractivity contribution < 1.29 is 9.47 Å². The smallest absolute Gasteiger partial charge is 0.286 e. The van der Waals surface area contributed by atoms with E-state index in [-0.39, 0.29) is 16.9 Å². The van der Waals surface area contributed by atoms with Gasteiger partial charge in [0.15, 0.2) is 10.8 Å². The Labute approximate surface area is 125 Å². The lowest BCUT2D eigenvalue weighted by molar-refractivity contribution is 0.213. The van der Waals surface area contributed by atoms with Crippen molar-refractivity contribution in [3.8, 4) is 17.4 Å². The Balaban J connectivity index is 1.69. The summed E-state index contributed by atoms with van der Waals surface area (Å²) < 4.78 is 11.2.